The van der Waals surface area contributed by atoms with Crippen LogP contribution in [0.2, 0.25) is 10.0 Å². The summed E-state index contributed by atoms with van der Waals surface area (Å²) in [5, 5.41) is 15.1. The van der Waals surface area contributed by atoms with Crippen LogP contribution in [0.3, 0.4) is 0 Å². The zero-order valence-corrected chi connectivity index (χ0v) is 13.9. The Kier molecular flexibility index (Phi) is 3.62. The van der Waals surface area contributed by atoms with Gasteiger partial charge in [-0.15, -0.1) is 0 Å². The molecule has 2 heterocycles. The quantitative estimate of drug-likeness (QED) is 0.601. The van der Waals surface area contributed by atoms with E-state index in [0.29, 0.717) is 21.3 Å². The van der Waals surface area contributed by atoms with Crippen LogP contribution in [0, 0.1) is 11.3 Å². The summed E-state index contributed by atoms with van der Waals surface area (Å²) in [7, 11) is 1.93. The third-order valence-corrected chi connectivity index (χ3v) is 4.16. The molecule has 0 N–H and O–H groups in total. The molecule has 0 amide bonds. The Morgan fingerprint density at radius 1 is 1.29 bits per heavy atom. The molecule has 3 aromatic rings. The van der Waals surface area contributed by atoms with Crippen LogP contribution in [0.4, 0.5) is 0 Å². The summed E-state index contributed by atoms with van der Waals surface area (Å²) in [4.78, 5) is 0. The third-order valence-electron chi connectivity index (χ3n) is 3.00. The van der Waals surface area contributed by atoms with E-state index in [0.717, 1.165) is 15.4 Å². The van der Waals surface area contributed by atoms with Crippen molar-refractivity contribution in [2.24, 2.45) is 7.05 Å². The predicted octanol–water partition coefficient (Wildman–Crippen LogP) is 3.79. The zero-order chi connectivity index (χ0) is 15.1. The van der Waals surface area contributed by atoms with E-state index in [1.54, 1.807) is 16.8 Å². The minimum atomic E-state index is 0.382. The van der Waals surface area contributed by atoms with E-state index >= 15 is 0 Å². The molecule has 0 saturated carbocycles. The predicted molar refractivity (Wildman–Crippen MR) is 84.7 cm³/mol. The number of nitriles is 1. The summed E-state index contributed by atoms with van der Waals surface area (Å²) in [5.41, 5.74) is 1.78. The van der Waals surface area contributed by atoms with Gasteiger partial charge in [-0.1, -0.05) is 23.2 Å². The lowest BCUT2D eigenvalue weighted by Crippen LogP contribution is -2.26. The minimum absolute atomic E-state index is 0.382. The summed E-state index contributed by atoms with van der Waals surface area (Å²) in [5.74, 6) is 0. The zero-order valence-electron chi connectivity index (χ0n) is 10.8. The lowest BCUT2D eigenvalue weighted by Gasteiger charge is -2.07. The fraction of sp³-hybridized carbons (Fsp3) is 0.0714. The van der Waals surface area contributed by atoms with Crippen LogP contribution in [0.5, 0.6) is 0 Å². The number of hydrogen-bond donors (Lipinski definition) is 0. The van der Waals surface area contributed by atoms with Crippen molar-refractivity contribution in [2.75, 3.05) is 0 Å². The fourth-order valence-electron chi connectivity index (χ4n) is 2.13. The number of halogens is 3. The molecule has 2 aromatic heterocycles. The number of nitrogens with zero attached hydrogens (tertiary/aromatic N) is 4. The molecular formula is C14H8BrCl2N4+. The molecule has 0 radical (unpaired) electrons. The number of aromatic nitrogens is 3. The van der Waals surface area contributed by atoms with Crippen molar-refractivity contribution in [2.45, 2.75) is 0 Å². The van der Waals surface area contributed by atoms with Gasteiger partial charge in [0.05, 0.1) is 27.1 Å². The maximum Gasteiger partial charge on any atom is 0.185 e. The molecule has 0 aliphatic rings. The molecular weight excluding hydrogens is 375 g/mol. The Labute approximate surface area is 139 Å². The topological polar surface area (TPSA) is 45.5 Å². The average molecular weight is 383 g/mol. The van der Waals surface area contributed by atoms with Crippen LogP contribution in [0.15, 0.2) is 35.2 Å². The van der Waals surface area contributed by atoms with Gasteiger partial charge in [0.25, 0.3) is 0 Å². The Morgan fingerprint density at radius 2 is 1.95 bits per heavy atom. The van der Waals surface area contributed by atoms with Crippen LogP contribution in [-0.2, 0) is 7.05 Å². The van der Waals surface area contributed by atoms with Crippen molar-refractivity contribution in [3.05, 3.63) is 50.8 Å². The first kappa shape index (κ1) is 14.3. The first-order chi connectivity index (χ1) is 9.99. The van der Waals surface area contributed by atoms with Crippen LogP contribution >= 0.6 is 39.1 Å². The number of fused-ring (bicyclic) bond motifs is 1. The first-order valence-corrected chi connectivity index (χ1v) is 7.48. The van der Waals surface area contributed by atoms with Crippen molar-refractivity contribution < 1.29 is 4.57 Å². The Bertz CT molecular complexity index is 888. The normalized spacial score (nSPS) is 10.8. The SMILES string of the molecule is C[n+]1cc(Br)c2nn(-c3c(Cl)cc(C#N)cc3Cl)cc2c1. The van der Waals surface area contributed by atoms with Crippen molar-refractivity contribution >= 4 is 50.0 Å². The second kappa shape index (κ2) is 5.30. The lowest BCUT2D eigenvalue weighted by molar-refractivity contribution is -0.670. The fourth-order valence-corrected chi connectivity index (χ4v) is 3.42. The molecule has 21 heavy (non-hydrogen) atoms. The van der Waals surface area contributed by atoms with E-state index < -0.39 is 0 Å². The highest BCUT2D eigenvalue weighted by Crippen LogP contribution is 2.31. The van der Waals surface area contributed by atoms with E-state index in [2.05, 4.69) is 21.0 Å². The summed E-state index contributed by atoms with van der Waals surface area (Å²) in [6.45, 7) is 0. The number of benzene rings is 1. The molecule has 0 unspecified atom stereocenters. The maximum absolute atomic E-state index is 8.93. The third kappa shape index (κ3) is 2.51. The second-order valence-corrected chi connectivity index (χ2v) is 6.22. The van der Waals surface area contributed by atoms with Crippen LogP contribution in [-0.4, -0.2) is 9.78 Å². The molecule has 0 spiro atoms. The van der Waals surface area contributed by atoms with E-state index in [4.69, 9.17) is 28.5 Å². The van der Waals surface area contributed by atoms with E-state index in [1.807, 2.05) is 36.3 Å². The molecule has 0 aliphatic heterocycles. The van der Waals surface area contributed by atoms with Crippen molar-refractivity contribution in [1.82, 2.24) is 9.78 Å². The van der Waals surface area contributed by atoms with Gasteiger partial charge in [-0.2, -0.15) is 10.4 Å². The van der Waals surface area contributed by atoms with E-state index in [1.165, 1.54) is 0 Å². The molecule has 0 aliphatic carbocycles. The van der Waals surface area contributed by atoms with Gasteiger partial charge in [0.2, 0.25) is 0 Å². The Hall–Kier alpha value is -1.61. The van der Waals surface area contributed by atoms with E-state index in [-0.39, 0.29) is 0 Å². The van der Waals surface area contributed by atoms with Gasteiger partial charge in [0, 0.05) is 6.20 Å². The number of pyridine rings is 1. The summed E-state index contributed by atoms with van der Waals surface area (Å²) >= 11 is 16.0. The van der Waals surface area contributed by atoms with Gasteiger partial charge in [0.15, 0.2) is 12.4 Å². The van der Waals surface area contributed by atoms with Gasteiger partial charge in [0.1, 0.15) is 22.7 Å². The molecule has 0 atom stereocenters. The van der Waals surface area contributed by atoms with Gasteiger partial charge >= 0.3 is 0 Å². The van der Waals surface area contributed by atoms with Gasteiger partial charge < -0.3 is 0 Å². The van der Waals surface area contributed by atoms with Gasteiger partial charge in [-0.25, -0.2) is 9.25 Å². The van der Waals surface area contributed by atoms with Crippen molar-refractivity contribution in [3.63, 3.8) is 0 Å². The summed E-state index contributed by atoms with van der Waals surface area (Å²) in [6, 6.07) is 5.17. The molecule has 3 rings (SSSR count). The maximum atomic E-state index is 8.93. The molecule has 0 saturated heterocycles. The Morgan fingerprint density at radius 3 is 2.57 bits per heavy atom. The lowest BCUT2D eigenvalue weighted by atomic mass is 10.2. The molecule has 0 bridgehead atoms. The van der Waals surface area contributed by atoms with Gasteiger partial charge in [-0.05, 0) is 28.1 Å². The molecule has 104 valence electrons. The largest absolute Gasteiger partial charge is 0.236 e. The molecule has 7 heteroatoms. The van der Waals surface area contributed by atoms with Crippen LogP contribution in [0.1, 0.15) is 5.56 Å². The number of aryl methyl sites for hydroxylation is 1. The van der Waals surface area contributed by atoms with Gasteiger partial charge in [-0.3, -0.25) is 0 Å². The highest BCUT2D eigenvalue weighted by Gasteiger charge is 2.15. The molecule has 1 aromatic carbocycles. The summed E-state index contributed by atoms with van der Waals surface area (Å²) in [6.07, 6.45) is 5.72. The van der Waals surface area contributed by atoms with Crippen LogP contribution in [0.25, 0.3) is 16.6 Å². The number of hydrogen-bond acceptors (Lipinski definition) is 2. The number of rotatable bonds is 1. The monoisotopic (exact) mass is 381 g/mol. The van der Waals surface area contributed by atoms with Crippen molar-refractivity contribution in [1.29, 1.82) is 5.26 Å². The Balaban J connectivity index is 2.27. The summed E-state index contributed by atoms with van der Waals surface area (Å²) < 4.78 is 4.43. The standard InChI is InChI=1S/C14H8BrCl2N4/c1-20-5-9-6-21(19-13(9)10(15)7-20)14-11(16)2-8(4-18)3-12(14)17/h2-3,5-7H,1H3/q+1. The molecule has 0 fully saturated rings. The molecule has 4 nitrogen and oxygen atoms in total. The highest BCUT2D eigenvalue weighted by molar-refractivity contribution is 9.10. The van der Waals surface area contributed by atoms with E-state index in [9.17, 15) is 0 Å². The smallest absolute Gasteiger partial charge is 0.185 e. The average Bonchev–Trinajstić information content (AvgIpc) is 2.81. The minimum Gasteiger partial charge on any atom is -0.236 e. The first-order valence-electron chi connectivity index (χ1n) is 5.93. The van der Waals surface area contributed by atoms with Crippen LogP contribution < -0.4 is 4.57 Å². The van der Waals surface area contributed by atoms with Crippen molar-refractivity contribution in [3.8, 4) is 11.8 Å². The second-order valence-electron chi connectivity index (χ2n) is 4.55. The highest BCUT2D eigenvalue weighted by atomic mass is 79.9.